The van der Waals surface area contributed by atoms with Crippen molar-refractivity contribution in [1.29, 1.82) is 0 Å². The Kier molecular flexibility index (Phi) is 3.81. The molecule has 4 rings (SSSR count). The van der Waals surface area contributed by atoms with E-state index in [4.69, 9.17) is 9.47 Å². The van der Waals surface area contributed by atoms with E-state index >= 15 is 0 Å². The number of carbonyl (C=O) groups is 2. The number of rotatable bonds is 0. The van der Waals surface area contributed by atoms with Crippen LogP contribution in [0.2, 0.25) is 0 Å². The molecule has 0 amide bonds. The van der Waals surface area contributed by atoms with Crippen LogP contribution in [0.4, 0.5) is 0 Å². The third kappa shape index (κ3) is 2.58. The Morgan fingerprint density at radius 1 is 0.667 bits per heavy atom. The minimum atomic E-state index is -0.426. The summed E-state index contributed by atoms with van der Waals surface area (Å²) in [5.41, 5.74) is 1.51. The van der Waals surface area contributed by atoms with E-state index in [1.165, 1.54) is 0 Å². The predicted octanol–water partition coefficient (Wildman–Crippen LogP) is 3.98. The van der Waals surface area contributed by atoms with Crippen LogP contribution in [0.3, 0.4) is 0 Å². The molecular weight excluding hydrogens is 304 g/mol. The fourth-order valence-corrected chi connectivity index (χ4v) is 3.62. The van der Waals surface area contributed by atoms with Crippen molar-refractivity contribution in [1.82, 2.24) is 0 Å². The molecule has 2 aromatic carbocycles. The van der Waals surface area contributed by atoms with Crippen LogP contribution in [0.1, 0.15) is 25.7 Å². The van der Waals surface area contributed by atoms with Gasteiger partial charge in [0.05, 0.1) is 11.8 Å². The van der Waals surface area contributed by atoms with Gasteiger partial charge in [0.1, 0.15) is 11.5 Å². The molecule has 0 spiro atoms. The van der Waals surface area contributed by atoms with E-state index in [0.29, 0.717) is 24.3 Å². The van der Waals surface area contributed by atoms with Crippen LogP contribution >= 0.6 is 0 Å². The fourth-order valence-electron chi connectivity index (χ4n) is 3.62. The van der Waals surface area contributed by atoms with Crippen LogP contribution in [-0.4, -0.2) is 11.9 Å². The highest BCUT2D eigenvalue weighted by molar-refractivity contribution is 5.89. The number of hydrogen-bond acceptors (Lipinski definition) is 4. The molecule has 2 atom stereocenters. The van der Waals surface area contributed by atoms with Crippen molar-refractivity contribution in [2.75, 3.05) is 0 Å². The van der Waals surface area contributed by atoms with Gasteiger partial charge in [0.25, 0.3) is 0 Å². The van der Waals surface area contributed by atoms with Crippen molar-refractivity contribution in [2.45, 2.75) is 25.7 Å². The summed E-state index contributed by atoms with van der Waals surface area (Å²) >= 11 is 0. The smallest absolute Gasteiger partial charge is 0.315 e. The summed E-state index contributed by atoms with van der Waals surface area (Å²) < 4.78 is 11.4. The van der Waals surface area contributed by atoms with Gasteiger partial charge in [-0.1, -0.05) is 49.2 Å². The van der Waals surface area contributed by atoms with E-state index in [9.17, 15) is 9.59 Å². The lowest BCUT2D eigenvalue weighted by molar-refractivity contribution is -0.152. The zero-order valence-corrected chi connectivity index (χ0v) is 13.2. The van der Waals surface area contributed by atoms with Crippen molar-refractivity contribution in [3.8, 4) is 22.6 Å². The van der Waals surface area contributed by atoms with Crippen molar-refractivity contribution in [2.24, 2.45) is 11.8 Å². The third-order valence-electron chi connectivity index (χ3n) is 4.86. The molecule has 1 aliphatic heterocycles. The topological polar surface area (TPSA) is 52.6 Å². The molecule has 1 heterocycles. The Balaban J connectivity index is 1.86. The second kappa shape index (κ2) is 6.11. The van der Waals surface area contributed by atoms with Crippen LogP contribution in [0, 0.1) is 11.8 Å². The Hall–Kier alpha value is -2.62. The average molecular weight is 322 g/mol. The van der Waals surface area contributed by atoms with Gasteiger partial charge >= 0.3 is 11.9 Å². The second-order valence-electron chi connectivity index (χ2n) is 6.33. The number of ether oxygens (including phenoxy) is 2. The Morgan fingerprint density at radius 3 is 1.54 bits per heavy atom. The van der Waals surface area contributed by atoms with Crippen molar-refractivity contribution in [3.05, 3.63) is 48.5 Å². The summed E-state index contributed by atoms with van der Waals surface area (Å²) in [6.45, 7) is 0. The fraction of sp³-hybridized carbons (Fsp3) is 0.300. The number of hydrogen-bond donors (Lipinski definition) is 0. The number of carbonyl (C=O) groups excluding carboxylic acids is 2. The maximum Gasteiger partial charge on any atom is 0.315 e. The molecule has 0 bridgehead atoms. The van der Waals surface area contributed by atoms with E-state index in [0.717, 1.165) is 24.0 Å². The van der Waals surface area contributed by atoms with Crippen LogP contribution in [0.25, 0.3) is 11.1 Å². The Bertz CT molecular complexity index is 728. The number of fused-ring (bicyclic) bond motifs is 4. The van der Waals surface area contributed by atoms with Crippen LogP contribution in [-0.2, 0) is 9.59 Å². The highest BCUT2D eigenvalue weighted by atomic mass is 16.5. The molecule has 0 saturated heterocycles. The van der Waals surface area contributed by atoms with E-state index in [2.05, 4.69) is 0 Å². The SMILES string of the molecule is O=C1Oc2ccccc2-c2ccccc2OC(=O)[C@H]2CCCC[C@H]12. The van der Waals surface area contributed by atoms with Crippen molar-refractivity contribution in [3.63, 3.8) is 0 Å². The molecule has 0 aromatic heterocycles. The molecule has 1 saturated carbocycles. The maximum atomic E-state index is 12.7. The van der Waals surface area contributed by atoms with E-state index < -0.39 is 11.8 Å². The molecule has 0 radical (unpaired) electrons. The minimum Gasteiger partial charge on any atom is -0.426 e. The van der Waals surface area contributed by atoms with E-state index in [-0.39, 0.29) is 11.9 Å². The highest BCUT2D eigenvalue weighted by Gasteiger charge is 2.39. The first-order valence-electron chi connectivity index (χ1n) is 8.36. The first-order chi connectivity index (χ1) is 11.7. The van der Waals surface area contributed by atoms with Gasteiger partial charge < -0.3 is 9.47 Å². The monoisotopic (exact) mass is 322 g/mol. The third-order valence-corrected chi connectivity index (χ3v) is 4.86. The normalized spacial score (nSPS) is 23.2. The Morgan fingerprint density at radius 2 is 1.08 bits per heavy atom. The lowest BCUT2D eigenvalue weighted by Gasteiger charge is -2.29. The first kappa shape index (κ1) is 14.9. The summed E-state index contributed by atoms with van der Waals surface area (Å²) in [6.07, 6.45) is 3.20. The highest BCUT2D eigenvalue weighted by Crippen LogP contribution is 2.40. The average Bonchev–Trinajstić information content (AvgIpc) is 2.62. The molecule has 24 heavy (non-hydrogen) atoms. The van der Waals surface area contributed by atoms with Gasteiger partial charge in [-0.05, 0) is 25.0 Å². The molecule has 1 fully saturated rings. The van der Waals surface area contributed by atoms with Crippen LogP contribution in [0.5, 0.6) is 11.5 Å². The summed E-state index contributed by atoms with van der Waals surface area (Å²) in [5.74, 6) is -0.490. The number of benzene rings is 2. The number of para-hydroxylation sites is 2. The zero-order chi connectivity index (χ0) is 16.5. The molecular formula is C20H18O4. The summed E-state index contributed by atoms with van der Waals surface area (Å²) in [4.78, 5) is 25.3. The van der Waals surface area contributed by atoms with Crippen molar-refractivity contribution >= 4 is 11.9 Å². The summed E-state index contributed by atoms with van der Waals surface area (Å²) in [7, 11) is 0. The molecule has 4 heteroatoms. The quantitative estimate of drug-likeness (QED) is 0.544. The van der Waals surface area contributed by atoms with Gasteiger partial charge in [-0.25, -0.2) is 0 Å². The van der Waals surface area contributed by atoms with E-state index in [1.54, 1.807) is 12.1 Å². The molecule has 0 N–H and O–H groups in total. The van der Waals surface area contributed by atoms with Gasteiger partial charge in [0, 0.05) is 11.1 Å². The number of esters is 2. The van der Waals surface area contributed by atoms with Gasteiger partial charge in [0.2, 0.25) is 0 Å². The van der Waals surface area contributed by atoms with Gasteiger partial charge in [-0.15, -0.1) is 0 Å². The predicted molar refractivity (Wildman–Crippen MR) is 88.6 cm³/mol. The molecule has 0 unspecified atom stereocenters. The lowest BCUT2D eigenvalue weighted by atomic mass is 9.79. The van der Waals surface area contributed by atoms with Gasteiger partial charge in [-0.2, -0.15) is 0 Å². The zero-order valence-electron chi connectivity index (χ0n) is 13.2. The maximum absolute atomic E-state index is 12.7. The molecule has 122 valence electrons. The van der Waals surface area contributed by atoms with Crippen LogP contribution in [0.15, 0.2) is 48.5 Å². The van der Waals surface area contributed by atoms with Gasteiger partial charge in [-0.3, -0.25) is 9.59 Å². The summed E-state index contributed by atoms with van der Waals surface area (Å²) in [6, 6.07) is 14.7. The summed E-state index contributed by atoms with van der Waals surface area (Å²) in [5, 5.41) is 0. The molecule has 2 aliphatic rings. The van der Waals surface area contributed by atoms with Gasteiger partial charge in [0.15, 0.2) is 0 Å². The molecule has 4 nitrogen and oxygen atoms in total. The van der Waals surface area contributed by atoms with E-state index in [1.807, 2.05) is 36.4 Å². The molecule has 1 aliphatic carbocycles. The lowest BCUT2D eigenvalue weighted by Crippen LogP contribution is -2.37. The standard InChI is InChI=1S/C20H18O4/c21-19-15-9-1-2-10-16(15)20(22)24-18-12-6-4-8-14(18)13-7-3-5-11-17(13)23-19/h3-8,11-12,15-16H,1-2,9-10H2/t15-,16-/m0/s1. The second-order valence-corrected chi connectivity index (χ2v) is 6.33. The molecule has 2 aromatic rings. The van der Waals surface area contributed by atoms with Crippen molar-refractivity contribution < 1.29 is 19.1 Å². The largest absolute Gasteiger partial charge is 0.426 e. The minimum absolute atomic E-state index is 0.330. The first-order valence-corrected chi connectivity index (χ1v) is 8.36. The Labute approximate surface area is 140 Å². The van der Waals surface area contributed by atoms with Crippen LogP contribution < -0.4 is 9.47 Å².